The predicted octanol–water partition coefficient (Wildman–Crippen LogP) is 2.37. The number of amides is 2. The number of carbonyl (C=O) groups excluding carboxylic acids is 2. The zero-order valence-corrected chi connectivity index (χ0v) is 11.0. The van der Waals surface area contributed by atoms with Crippen LogP contribution in [-0.2, 0) is 9.47 Å². The SMILES string of the molecule is CCC(COC(=O)Nc1ccccc1)NC(=O)OC. The fourth-order valence-electron chi connectivity index (χ4n) is 1.34. The topological polar surface area (TPSA) is 76.7 Å². The van der Waals surface area contributed by atoms with Gasteiger partial charge in [-0.3, -0.25) is 5.32 Å². The zero-order valence-electron chi connectivity index (χ0n) is 11.0. The van der Waals surface area contributed by atoms with Crippen molar-refractivity contribution >= 4 is 17.9 Å². The fraction of sp³-hybridized carbons (Fsp3) is 0.385. The summed E-state index contributed by atoms with van der Waals surface area (Å²) in [6.07, 6.45) is -0.469. The molecule has 0 radical (unpaired) electrons. The Kier molecular flexibility index (Phi) is 6.21. The molecular formula is C13H18N2O4. The summed E-state index contributed by atoms with van der Waals surface area (Å²) in [6, 6.07) is 8.71. The Hall–Kier alpha value is -2.24. The van der Waals surface area contributed by atoms with E-state index in [2.05, 4.69) is 15.4 Å². The smallest absolute Gasteiger partial charge is 0.411 e. The quantitative estimate of drug-likeness (QED) is 0.857. The van der Waals surface area contributed by atoms with Crippen molar-refractivity contribution in [2.75, 3.05) is 19.0 Å². The van der Waals surface area contributed by atoms with Gasteiger partial charge in [-0.1, -0.05) is 25.1 Å². The first-order valence-electron chi connectivity index (χ1n) is 5.99. The van der Waals surface area contributed by atoms with Gasteiger partial charge in [0.25, 0.3) is 0 Å². The molecule has 0 aliphatic rings. The van der Waals surface area contributed by atoms with Crippen LogP contribution in [0.4, 0.5) is 15.3 Å². The molecule has 1 rings (SSSR count). The van der Waals surface area contributed by atoms with E-state index in [9.17, 15) is 9.59 Å². The molecular weight excluding hydrogens is 248 g/mol. The first-order valence-corrected chi connectivity index (χ1v) is 5.99. The maximum absolute atomic E-state index is 11.5. The number of carbonyl (C=O) groups is 2. The van der Waals surface area contributed by atoms with Gasteiger partial charge in [-0.25, -0.2) is 9.59 Å². The Morgan fingerprint density at radius 1 is 1.21 bits per heavy atom. The Balaban J connectivity index is 2.34. The largest absolute Gasteiger partial charge is 0.453 e. The molecule has 104 valence electrons. The van der Waals surface area contributed by atoms with Crippen molar-refractivity contribution in [2.24, 2.45) is 0 Å². The lowest BCUT2D eigenvalue weighted by Gasteiger charge is -2.16. The molecule has 1 unspecified atom stereocenters. The van der Waals surface area contributed by atoms with Crippen molar-refractivity contribution in [1.82, 2.24) is 5.32 Å². The van der Waals surface area contributed by atoms with Crippen molar-refractivity contribution in [3.8, 4) is 0 Å². The molecule has 1 aromatic carbocycles. The summed E-state index contributed by atoms with van der Waals surface area (Å²) < 4.78 is 9.50. The summed E-state index contributed by atoms with van der Waals surface area (Å²) in [6.45, 7) is 1.96. The van der Waals surface area contributed by atoms with E-state index < -0.39 is 12.2 Å². The van der Waals surface area contributed by atoms with Crippen molar-refractivity contribution in [1.29, 1.82) is 0 Å². The van der Waals surface area contributed by atoms with E-state index in [1.54, 1.807) is 12.1 Å². The van der Waals surface area contributed by atoms with Crippen LogP contribution in [0.1, 0.15) is 13.3 Å². The maximum atomic E-state index is 11.5. The molecule has 6 nitrogen and oxygen atoms in total. The van der Waals surface area contributed by atoms with E-state index in [1.807, 2.05) is 25.1 Å². The van der Waals surface area contributed by atoms with Gasteiger partial charge in [0, 0.05) is 5.69 Å². The van der Waals surface area contributed by atoms with Gasteiger partial charge >= 0.3 is 12.2 Å². The van der Waals surface area contributed by atoms with Crippen LogP contribution in [0.5, 0.6) is 0 Å². The molecule has 0 aliphatic carbocycles. The summed E-state index contributed by atoms with van der Waals surface area (Å²) in [7, 11) is 1.28. The number of hydrogen-bond donors (Lipinski definition) is 2. The first kappa shape index (κ1) is 14.8. The molecule has 1 atom stereocenters. The molecule has 6 heteroatoms. The minimum atomic E-state index is -0.559. The fourth-order valence-corrected chi connectivity index (χ4v) is 1.34. The molecule has 2 amide bonds. The Morgan fingerprint density at radius 3 is 2.47 bits per heavy atom. The van der Waals surface area contributed by atoms with E-state index in [4.69, 9.17) is 4.74 Å². The van der Waals surface area contributed by atoms with Crippen molar-refractivity contribution in [3.05, 3.63) is 30.3 Å². The molecule has 0 saturated heterocycles. The van der Waals surface area contributed by atoms with Crippen molar-refractivity contribution in [3.63, 3.8) is 0 Å². The first-order chi connectivity index (χ1) is 9.15. The molecule has 0 spiro atoms. The van der Waals surface area contributed by atoms with E-state index in [-0.39, 0.29) is 12.6 Å². The van der Waals surface area contributed by atoms with Crippen LogP contribution in [0.15, 0.2) is 30.3 Å². The highest BCUT2D eigenvalue weighted by Crippen LogP contribution is 2.05. The van der Waals surface area contributed by atoms with E-state index in [0.29, 0.717) is 12.1 Å². The Bertz CT molecular complexity index is 408. The second-order valence-electron chi connectivity index (χ2n) is 3.83. The molecule has 0 bridgehead atoms. The van der Waals surface area contributed by atoms with Crippen molar-refractivity contribution < 1.29 is 19.1 Å². The summed E-state index contributed by atoms with van der Waals surface area (Å²) >= 11 is 0. The lowest BCUT2D eigenvalue weighted by atomic mass is 10.2. The second kappa shape index (κ2) is 7.97. The van der Waals surface area contributed by atoms with Gasteiger partial charge in [0.05, 0.1) is 13.2 Å². The number of alkyl carbamates (subject to hydrolysis) is 1. The number of methoxy groups -OCH3 is 1. The monoisotopic (exact) mass is 266 g/mol. The molecule has 19 heavy (non-hydrogen) atoms. The van der Waals surface area contributed by atoms with Crippen molar-refractivity contribution in [2.45, 2.75) is 19.4 Å². The highest BCUT2D eigenvalue weighted by molar-refractivity contribution is 5.84. The van der Waals surface area contributed by atoms with Gasteiger partial charge in [0.15, 0.2) is 0 Å². The highest BCUT2D eigenvalue weighted by Gasteiger charge is 2.13. The molecule has 0 aliphatic heterocycles. The normalized spacial score (nSPS) is 11.3. The van der Waals surface area contributed by atoms with Gasteiger partial charge in [-0.15, -0.1) is 0 Å². The molecule has 1 aromatic rings. The number of ether oxygens (including phenoxy) is 2. The van der Waals surface area contributed by atoms with Crippen LogP contribution in [0, 0.1) is 0 Å². The van der Waals surface area contributed by atoms with Crippen LogP contribution in [0.2, 0.25) is 0 Å². The van der Waals surface area contributed by atoms with E-state index in [0.717, 1.165) is 0 Å². The molecule has 0 fully saturated rings. The van der Waals surface area contributed by atoms with Gasteiger partial charge in [-0.2, -0.15) is 0 Å². The highest BCUT2D eigenvalue weighted by atomic mass is 16.6. The van der Waals surface area contributed by atoms with Crippen LogP contribution < -0.4 is 10.6 Å². The minimum Gasteiger partial charge on any atom is -0.453 e. The molecule has 0 heterocycles. The summed E-state index contributed by atoms with van der Waals surface area (Å²) in [5.41, 5.74) is 0.654. The zero-order chi connectivity index (χ0) is 14.1. The standard InChI is InChI=1S/C13H18N2O4/c1-3-10(14-12(16)18-2)9-19-13(17)15-11-7-5-4-6-8-11/h4-8,10H,3,9H2,1-2H3,(H,14,16)(H,15,17). The second-order valence-corrected chi connectivity index (χ2v) is 3.83. The van der Waals surface area contributed by atoms with Crippen LogP contribution in [0.3, 0.4) is 0 Å². The van der Waals surface area contributed by atoms with Gasteiger partial charge in [0.1, 0.15) is 6.61 Å². The van der Waals surface area contributed by atoms with E-state index in [1.165, 1.54) is 7.11 Å². The van der Waals surface area contributed by atoms with Gasteiger partial charge in [-0.05, 0) is 18.6 Å². The number of benzene rings is 1. The predicted molar refractivity (Wildman–Crippen MR) is 71.0 cm³/mol. The number of hydrogen-bond acceptors (Lipinski definition) is 4. The van der Waals surface area contributed by atoms with Crippen LogP contribution >= 0.6 is 0 Å². The third-order valence-corrected chi connectivity index (χ3v) is 2.44. The average molecular weight is 266 g/mol. The number of para-hydroxylation sites is 1. The third-order valence-electron chi connectivity index (χ3n) is 2.44. The average Bonchev–Trinajstić information content (AvgIpc) is 2.44. The van der Waals surface area contributed by atoms with Crippen LogP contribution in [-0.4, -0.2) is 31.9 Å². The summed E-state index contributed by atoms with van der Waals surface area (Å²) in [5, 5.41) is 5.15. The van der Waals surface area contributed by atoms with Crippen LogP contribution in [0.25, 0.3) is 0 Å². The minimum absolute atomic E-state index is 0.0876. The molecule has 2 N–H and O–H groups in total. The maximum Gasteiger partial charge on any atom is 0.411 e. The lowest BCUT2D eigenvalue weighted by Crippen LogP contribution is -2.38. The number of nitrogens with one attached hydrogen (secondary N) is 2. The Morgan fingerprint density at radius 2 is 1.89 bits per heavy atom. The van der Waals surface area contributed by atoms with Gasteiger partial charge < -0.3 is 14.8 Å². The lowest BCUT2D eigenvalue weighted by molar-refractivity contribution is 0.135. The Labute approximate surface area is 112 Å². The third kappa shape index (κ3) is 5.76. The summed E-state index contributed by atoms with van der Waals surface area (Å²) in [4.78, 5) is 22.5. The van der Waals surface area contributed by atoms with Gasteiger partial charge in [0.2, 0.25) is 0 Å². The number of rotatable bonds is 5. The molecule has 0 aromatic heterocycles. The molecule has 0 saturated carbocycles. The summed E-state index contributed by atoms with van der Waals surface area (Å²) in [5.74, 6) is 0. The number of anilines is 1. The van der Waals surface area contributed by atoms with E-state index >= 15 is 0 Å².